The number of aliphatic hydroxyl groups is 2. The molecule has 1 heterocycles. The Morgan fingerprint density at radius 3 is 2.60 bits per heavy atom. The molecule has 3 aromatic rings. The van der Waals surface area contributed by atoms with Crippen LogP contribution < -0.4 is 0 Å². The lowest BCUT2D eigenvalue weighted by atomic mass is 10.0. The fourth-order valence-electron chi connectivity index (χ4n) is 2.48. The van der Waals surface area contributed by atoms with Crippen molar-refractivity contribution >= 4 is 21.8 Å². The van der Waals surface area contributed by atoms with Crippen molar-refractivity contribution < 1.29 is 10.2 Å². The van der Waals surface area contributed by atoms with Crippen LogP contribution in [0.1, 0.15) is 18.1 Å². The molecule has 3 N–H and O–H groups in total. The highest BCUT2D eigenvalue weighted by Gasteiger charge is 2.18. The van der Waals surface area contributed by atoms with E-state index >= 15 is 0 Å². The van der Waals surface area contributed by atoms with Crippen molar-refractivity contribution in [2.24, 2.45) is 0 Å². The molecule has 4 heteroatoms. The van der Waals surface area contributed by atoms with Crippen LogP contribution in [0.15, 0.2) is 42.5 Å². The van der Waals surface area contributed by atoms with E-state index < -0.39 is 12.2 Å². The molecule has 0 fully saturated rings. The fraction of sp³-hybridized carbons (Fsp3) is 0.188. The van der Waals surface area contributed by atoms with Crippen molar-refractivity contribution in [1.82, 2.24) is 4.98 Å². The summed E-state index contributed by atoms with van der Waals surface area (Å²) in [6.07, 6.45) is -2.21. The summed E-state index contributed by atoms with van der Waals surface area (Å²) in [6, 6.07) is 15.4. The maximum atomic E-state index is 10.0. The number of fused-ring (bicyclic) bond motifs is 3. The predicted octanol–water partition coefficient (Wildman–Crippen LogP) is 2.63. The predicted molar refractivity (Wildman–Crippen MR) is 77.0 cm³/mol. The molecule has 100 valence electrons. The lowest BCUT2D eigenvalue weighted by Crippen LogP contribution is -2.17. The van der Waals surface area contributed by atoms with Gasteiger partial charge in [0.05, 0.1) is 18.6 Å². The largest absolute Gasteiger partial charge is 0.389 e. The summed E-state index contributed by atoms with van der Waals surface area (Å²) in [4.78, 5) is 3.29. The van der Waals surface area contributed by atoms with E-state index in [0.717, 1.165) is 21.8 Å². The van der Waals surface area contributed by atoms with E-state index in [4.69, 9.17) is 5.26 Å². The highest BCUT2D eigenvalue weighted by atomic mass is 16.3. The van der Waals surface area contributed by atoms with E-state index in [-0.39, 0.29) is 6.42 Å². The lowest BCUT2D eigenvalue weighted by molar-refractivity contribution is 0.0217. The molecular weight excluding hydrogens is 252 g/mol. The van der Waals surface area contributed by atoms with Gasteiger partial charge < -0.3 is 15.2 Å². The SMILES string of the molecule is N#CCC(O)C(O)c1ccc2c(c1)[nH]c1ccccc12. The van der Waals surface area contributed by atoms with Crippen molar-refractivity contribution in [1.29, 1.82) is 5.26 Å². The average molecular weight is 266 g/mol. The molecule has 1 aromatic heterocycles. The number of benzene rings is 2. The number of aliphatic hydroxyl groups excluding tert-OH is 2. The highest BCUT2D eigenvalue weighted by molar-refractivity contribution is 6.07. The summed E-state index contributed by atoms with van der Waals surface area (Å²) in [5.74, 6) is 0. The lowest BCUT2D eigenvalue weighted by Gasteiger charge is -2.15. The van der Waals surface area contributed by atoms with Crippen molar-refractivity contribution in [2.75, 3.05) is 0 Å². The Kier molecular flexibility index (Phi) is 3.15. The molecule has 4 nitrogen and oxygen atoms in total. The number of hydrogen-bond donors (Lipinski definition) is 3. The Morgan fingerprint density at radius 1 is 1.05 bits per heavy atom. The third-order valence-electron chi connectivity index (χ3n) is 3.54. The number of nitriles is 1. The molecule has 0 aliphatic heterocycles. The number of nitrogens with zero attached hydrogens (tertiary/aromatic N) is 1. The minimum absolute atomic E-state index is 0.0914. The molecule has 2 atom stereocenters. The smallest absolute Gasteiger partial charge is 0.106 e. The Balaban J connectivity index is 2.07. The van der Waals surface area contributed by atoms with Gasteiger partial charge in [-0.3, -0.25) is 0 Å². The molecule has 0 saturated heterocycles. The Bertz CT molecular complexity index is 801. The molecule has 0 bridgehead atoms. The zero-order chi connectivity index (χ0) is 14.1. The molecule has 0 aliphatic carbocycles. The van der Waals surface area contributed by atoms with E-state index in [0.29, 0.717) is 5.56 Å². The normalized spacial score (nSPS) is 14.2. The van der Waals surface area contributed by atoms with E-state index in [1.807, 2.05) is 42.5 Å². The second-order valence-electron chi connectivity index (χ2n) is 4.85. The summed E-state index contributed by atoms with van der Waals surface area (Å²) < 4.78 is 0. The van der Waals surface area contributed by atoms with Gasteiger partial charge in [-0.1, -0.05) is 30.3 Å². The van der Waals surface area contributed by atoms with Crippen LogP contribution in [-0.4, -0.2) is 21.3 Å². The third kappa shape index (κ3) is 2.03. The average Bonchev–Trinajstić information content (AvgIpc) is 2.84. The van der Waals surface area contributed by atoms with Gasteiger partial charge >= 0.3 is 0 Å². The van der Waals surface area contributed by atoms with E-state index in [9.17, 15) is 10.2 Å². The zero-order valence-electron chi connectivity index (χ0n) is 10.7. The topological polar surface area (TPSA) is 80.0 Å². The van der Waals surface area contributed by atoms with Gasteiger partial charge in [-0.15, -0.1) is 0 Å². The standard InChI is InChI=1S/C16H14N2O2/c17-8-7-15(19)16(20)10-5-6-12-11-3-1-2-4-13(11)18-14(12)9-10/h1-6,9,15-16,18-20H,7H2. The first-order valence-corrected chi connectivity index (χ1v) is 6.44. The Labute approximate surface area is 115 Å². The van der Waals surface area contributed by atoms with Gasteiger partial charge in [0.2, 0.25) is 0 Å². The molecule has 0 aliphatic rings. The fourth-order valence-corrected chi connectivity index (χ4v) is 2.48. The van der Waals surface area contributed by atoms with E-state index in [2.05, 4.69) is 4.98 Å². The second-order valence-corrected chi connectivity index (χ2v) is 4.85. The molecule has 0 spiro atoms. The number of aromatic amines is 1. The van der Waals surface area contributed by atoms with Gasteiger partial charge in [0.15, 0.2) is 0 Å². The summed E-state index contributed by atoms with van der Waals surface area (Å²) in [6.45, 7) is 0. The van der Waals surface area contributed by atoms with Crippen molar-refractivity contribution in [2.45, 2.75) is 18.6 Å². The maximum absolute atomic E-state index is 10.0. The quantitative estimate of drug-likeness (QED) is 0.681. The monoisotopic (exact) mass is 266 g/mol. The third-order valence-corrected chi connectivity index (χ3v) is 3.54. The molecule has 0 saturated carbocycles. The first-order chi connectivity index (χ1) is 9.70. The van der Waals surface area contributed by atoms with Crippen LogP contribution in [0.2, 0.25) is 0 Å². The van der Waals surface area contributed by atoms with Crippen LogP contribution in [-0.2, 0) is 0 Å². The Morgan fingerprint density at radius 2 is 1.80 bits per heavy atom. The van der Waals surface area contributed by atoms with Gasteiger partial charge in [0.25, 0.3) is 0 Å². The van der Waals surface area contributed by atoms with Gasteiger partial charge in [-0.05, 0) is 17.7 Å². The maximum Gasteiger partial charge on any atom is 0.106 e. The zero-order valence-corrected chi connectivity index (χ0v) is 10.7. The minimum Gasteiger partial charge on any atom is -0.389 e. The van der Waals surface area contributed by atoms with Crippen LogP contribution in [0.3, 0.4) is 0 Å². The molecular formula is C16H14N2O2. The van der Waals surface area contributed by atoms with Crippen LogP contribution in [0, 0.1) is 11.3 Å². The van der Waals surface area contributed by atoms with Crippen LogP contribution in [0.5, 0.6) is 0 Å². The van der Waals surface area contributed by atoms with Crippen molar-refractivity contribution in [3.05, 3.63) is 48.0 Å². The summed E-state index contributed by atoms with van der Waals surface area (Å²) >= 11 is 0. The first-order valence-electron chi connectivity index (χ1n) is 6.44. The van der Waals surface area contributed by atoms with Gasteiger partial charge in [-0.25, -0.2) is 0 Å². The number of nitrogens with one attached hydrogen (secondary N) is 1. The van der Waals surface area contributed by atoms with E-state index in [1.54, 1.807) is 6.07 Å². The second kappa shape index (κ2) is 4.97. The molecule has 2 aromatic carbocycles. The van der Waals surface area contributed by atoms with E-state index in [1.165, 1.54) is 0 Å². The van der Waals surface area contributed by atoms with Gasteiger partial charge in [0.1, 0.15) is 6.10 Å². The summed E-state index contributed by atoms with van der Waals surface area (Å²) in [5.41, 5.74) is 2.55. The molecule has 0 amide bonds. The van der Waals surface area contributed by atoms with Crippen molar-refractivity contribution in [3.8, 4) is 6.07 Å². The van der Waals surface area contributed by atoms with Crippen LogP contribution in [0.4, 0.5) is 0 Å². The van der Waals surface area contributed by atoms with Gasteiger partial charge in [-0.2, -0.15) is 5.26 Å². The first kappa shape index (κ1) is 12.7. The van der Waals surface area contributed by atoms with Gasteiger partial charge in [0, 0.05) is 21.8 Å². The van der Waals surface area contributed by atoms with Crippen LogP contribution >= 0.6 is 0 Å². The number of H-pyrrole nitrogens is 1. The number of para-hydroxylation sites is 1. The highest BCUT2D eigenvalue weighted by Crippen LogP contribution is 2.28. The molecule has 3 rings (SSSR count). The Hall–Kier alpha value is -2.35. The number of rotatable bonds is 3. The number of aromatic nitrogens is 1. The summed E-state index contributed by atoms with van der Waals surface area (Å²) in [5, 5.41) is 30.5. The molecule has 0 radical (unpaired) electrons. The number of hydrogen-bond acceptors (Lipinski definition) is 3. The molecule has 20 heavy (non-hydrogen) atoms. The molecule has 2 unspecified atom stereocenters. The van der Waals surface area contributed by atoms with Crippen LogP contribution in [0.25, 0.3) is 21.8 Å². The van der Waals surface area contributed by atoms with Crippen molar-refractivity contribution in [3.63, 3.8) is 0 Å². The summed E-state index contributed by atoms with van der Waals surface area (Å²) in [7, 11) is 0. The minimum atomic E-state index is -1.07.